The van der Waals surface area contributed by atoms with Gasteiger partial charge in [0.05, 0.1) is 0 Å². The molecule has 21 heavy (non-hydrogen) atoms. The summed E-state index contributed by atoms with van der Waals surface area (Å²) in [6.07, 6.45) is 4.48. The van der Waals surface area contributed by atoms with E-state index in [0.29, 0.717) is 5.92 Å². The molecule has 0 fully saturated rings. The number of nitrogens with one attached hydrogen (secondary N) is 1. The lowest BCUT2D eigenvalue weighted by Crippen LogP contribution is -2.07. The van der Waals surface area contributed by atoms with Crippen LogP contribution in [0.5, 0.6) is 0 Å². The van der Waals surface area contributed by atoms with Gasteiger partial charge in [0.25, 0.3) is 0 Å². The van der Waals surface area contributed by atoms with Crippen LogP contribution >= 0.6 is 0 Å². The monoisotopic (exact) mass is 279 g/mol. The molecule has 0 aliphatic heterocycles. The van der Waals surface area contributed by atoms with Gasteiger partial charge in [-0.2, -0.15) is 0 Å². The lowest BCUT2D eigenvalue weighted by molar-refractivity contribution is -0.111. The minimum atomic E-state index is -0.116. The number of hydrogen-bond donors (Lipinski definition) is 1. The lowest BCUT2D eigenvalue weighted by Gasteiger charge is -2.09. The molecule has 2 rings (SSSR count). The van der Waals surface area contributed by atoms with E-state index in [4.69, 9.17) is 0 Å². The van der Waals surface area contributed by atoms with E-state index >= 15 is 0 Å². The minimum Gasteiger partial charge on any atom is -0.323 e. The molecule has 0 saturated carbocycles. The largest absolute Gasteiger partial charge is 0.323 e. The van der Waals surface area contributed by atoms with Crippen molar-refractivity contribution in [1.29, 1.82) is 0 Å². The van der Waals surface area contributed by atoms with Crippen LogP contribution in [0.2, 0.25) is 0 Å². The number of carbonyl (C=O) groups is 1. The molecule has 0 bridgehead atoms. The van der Waals surface area contributed by atoms with Gasteiger partial charge in [-0.1, -0.05) is 56.3 Å². The molecule has 1 unspecified atom stereocenters. The summed E-state index contributed by atoms with van der Waals surface area (Å²) in [5, 5.41) is 2.87. The standard InChI is InChI=1S/C19H21NO/c1-3-15(2)17-10-12-18(13-11-17)20-19(21)14-9-16-7-5-4-6-8-16/h4-15H,3H2,1-2H3,(H,20,21). The van der Waals surface area contributed by atoms with E-state index in [1.165, 1.54) is 5.56 Å². The molecule has 0 aliphatic carbocycles. The molecule has 1 atom stereocenters. The fourth-order valence-corrected chi connectivity index (χ4v) is 2.05. The van der Waals surface area contributed by atoms with Gasteiger partial charge in [0.1, 0.15) is 0 Å². The highest BCUT2D eigenvalue weighted by Gasteiger charge is 2.03. The van der Waals surface area contributed by atoms with Gasteiger partial charge in [-0.25, -0.2) is 0 Å². The predicted molar refractivity (Wildman–Crippen MR) is 89.3 cm³/mol. The van der Waals surface area contributed by atoms with E-state index in [2.05, 4.69) is 31.3 Å². The normalized spacial score (nSPS) is 12.3. The van der Waals surface area contributed by atoms with Crippen molar-refractivity contribution in [2.45, 2.75) is 26.2 Å². The van der Waals surface area contributed by atoms with E-state index in [0.717, 1.165) is 17.7 Å². The van der Waals surface area contributed by atoms with Crippen molar-refractivity contribution in [3.63, 3.8) is 0 Å². The number of hydrogen-bond acceptors (Lipinski definition) is 1. The topological polar surface area (TPSA) is 29.1 Å². The molecule has 0 heterocycles. The van der Waals surface area contributed by atoms with Crippen LogP contribution in [0.3, 0.4) is 0 Å². The van der Waals surface area contributed by atoms with Crippen LogP contribution in [0, 0.1) is 0 Å². The van der Waals surface area contributed by atoms with E-state index in [1.54, 1.807) is 6.08 Å². The SMILES string of the molecule is CCC(C)c1ccc(NC(=O)C=Cc2ccccc2)cc1. The Labute approximate surface area is 126 Å². The molecule has 2 aromatic carbocycles. The average Bonchev–Trinajstić information content (AvgIpc) is 2.54. The number of rotatable bonds is 5. The second kappa shape index (κ2) is 7.44. The summed E-state index contributed by atoms with van der Waals surface area (Å²) in [5.41, 5.74) is 3.14. The fourth-order valence-electron chi connectivity index (χ4n) is 2.05. The highest BCUT2D eigenvalue weighted by Crippen LogP contribution is 2.20. The first-order valence-corrected chi connectivity index (χ1v) is 7.33. The van der Waals surface area contributed by atoms with Gasteiger partial charge in [-0.05, 0) is 41.7 Å². The molecule has 2 aromatic rings. The smallest absolute Gasteiger partial charge is 0.248 e. The maximum Gasteiger partial charge on any atom is 0.248 e. The van der Waals surface area contributed by atoms with E-state index in [9.17, 15) is 4.79 Å². The number of carbonyl (C=O) groups excluding carboxylic acids is 1. The van der Waals surface area contributed by atoms with Crippen molar-refractivity contribution < 1.29 is 4.79 Å². The highest BCUT2D eigenvalue weighted by molar-refractivity contribution is 6.01. The highest BCUT2D eigenvalue weighted by atomic mass is 16.1. The third kappa shape index (κ3) is 4.60. The Bertz CT molecular complexity index is 599. The van der Waals surface area contributed by atoms with Gasteiger partial charge < -0.3 is 5.32 Å². The summed E-state index contributed by atoms with van der Waals surface area (Å²) < 4.78 is 0. The Hall–Kier alpha value is -2.35. The first-order valence-electron chi connectivity index (χ1n) is 7.33. The summed E-state index contributed by atoms with van der Waals surface area (Å²) in [6, 6.07) is 17.8. The Morgan fingerprint density at radius 2 is 1.76 bits per heavy atom. The predicted octanol–water partition coefficient (Wildman–Crippen LogP) is 4.85. The zero-order valence-electron chi connectivity index (χ0n) is 12.5. The van der Waals surface area contributed by atoms with Crippen LogP contribution in [0.15, 0.2) is 60.7 Å². The summed E-state index contributed by atoms with van der Waals surface area (Å²) in [7, 11) is 0. The molecule has 0 aromatic heterocycles. The van der Waals surface area contributed by atoms with Crippen molar-refractivity contribution in [1.82, 2.24) is 0 Å². The van der Waals surface area contributed by atoms with Crippen LogP contribution in [0.4, 0.5) is 5.69 Å². The Kier molecular flexibility index (Phi) is 5.33. The van der Waals surface area contributed by atoms with Crippen LogP contribution in [-0.4, -0.2) is 5.91 Å². The third-order valence-electron chi connectivity index (χ3n) is 3.59. The quantitative estimate of drug-likeness (QED) is 0.779. The first-order chi connectivity index (χ1) is 10.2. The number of benzene rings is 2. The van der Waals surface area contributed by atoms with Crippen molar-refractivity contribution in [2.75, 3.05) is 5.32 Å². The van der Waals surface area contributed by atoms with Crippen LogP contribution < -0.4 is 5.32 Å². The van der Waals surface area contributed by atoms with Crippen LogP contribution in [0.1, 0.15) is 37.3 Å². The number of amides is 1. The summed E-state index contributed by atoms with van der Waals surface area (Å²) in [6.45, 7) is 4.38. The zero-order valence-corrected chi connectivity index (χ0v) is 12.5. The third-order valence-corrected chi connectivity index (χ3v) is 3.59. The molecule has 0 saturated heterocycles. The molecule has 2 nitrogen and oxygen atoms in total. The van der Waals surface area contributed by atoms with Gasteiger partial charge >= 0.3 is 0 Å². The Morgan fingerprint density at radius 1 is 1.10 bits per heavy atom. The van der Waals surface area contributed by atoms with E-state index in [-0.39, 0.29) is 5.91 Å². The molecule has 1 amide bonds. The minimum absolute atomic E-state index is 0.116. The Morgan fingerprint density at radius 3 is 2.38 bits per heavy atom. The molecular weight excluding hydrogens is 258 g/mol. The molecule has 0 radical (unpaired) electrons. The van der Waals surface area contributed by atoms with Crippen LogP contribution in [-0.2, 0) is 4.79 Å². The fraction of sp³-hybridized carbons (Fsp3) is 0.211. The molecule has 1 N–H and O–H groups in total. The maximum absolute atomic E-state index is 11.9. The lowest BCUT2D eigenvalue weighted by atomic mass is 9.99. The summed E-state index contributed by atoms with van der Waals surface area (Å²) in [5.74, 6) is 0.433. The van der Waals surface area contributed by atoms with Crippen molar-refractivity contribution in [3.05, 3.63) is 71.8 Å². The van der Waals surface area contributed by atoms with Crippen molar-refractivity contribution in [2.24, 2.45) is 0 Å². The first kappa shape index (κ1) is 15.0. The zero-order chi connectivity index (χ0) is 15.1. The molecule has 108 valence electrons. The van der Waals surface area contributed by atoms with Gasteiger partial charge in [0.15, 0.2) is 0 Å². The van der Waals surface area contributed by atoms with Gasteiger partial charge in [0, 0.05) is 11.8 Å². The second-order valence-corrected chi connectivity index (χ2v) is 5.16. The summed E-state index contributed by atoms with van der Waals surface area (Å²) in [4.78, 5) is 11.9. The summed E-state index contributed by atoms with van der Waals surface area (Å²) >= 11 is 0. The van der Waals surface area contributed by atoms with Crippen molar-refractivity contribution in [3.8, 4) is 0 Å². The molecule has 0 spiro atoms. The van der Waals surface area contributed by atoms with Crippen molar-refractivity contribution >= 4 is 17.7 Å². The second-order valence-electron chi connectivity index (χ2n) is 5.16. The van der Waals surface area contributed by atoms with Gasteiger partial charge in [-0.15, -0.1) is 0 Å². The Balaban J connectivity index is 1.95. The molecular formula is C19H21NO. The molecule has 2 heteroatoms. The van der Waals surface area contributed by atoms with E-state index < -0.39 is 0 Å². The van der Waals surface area contributed by atoms with Gasteiger partial charge in [0.2, 0.25) is 5.91 Å². The average molecular weight is 279 g/mol. The maximum atomic E-state index is 11.9. The number of anilines is 1. The van der Waals surface area contributed by atoms with Gasteiger partial charge in [-0.3, -0.25) is 4.79 Å². The van der Waals surface area contributed by atoms with Crippen LogP contribution in [0.25, 0.3) is 6.08 Å². The van der Waals surface area contributed by atoms with E-state index in [1.807, 2.05) is 48.5 Å². The molecule has 0 aliphatic rings.